The normalized spacial score (nSPS) is 12.2. The van der Waals surface area contributed by atoms with Crippen molar-refractivity contribution >= 4 is 17.6 Å². The Kier molecular flexibility index (Phi) is 5.51. The average Bonchev–Trinajstić information content (AvgIpc) is 2.36. The number of carboxylic acid groups (broad SMARTS) is 1. The second kappa shape index (κ2) is 6.89. The van der Waals surface area contributed by atoms with E-state index in [4.69, 9.17) is 5.11 Å². The number of para-hydroxylation sites is 1. The Balaban J connectivity index is 2.73. The van der Waals surface area contributed by atoms with E-state index in [1.807, 2.05) is 44.2 Å². The molecule has 5 nitrogen and oxygen atoms in total. The Morgan fingerprint density at radius 3 is 2.26 bits per heavy atom. The first-order valence-electron chi connectivity index (χ1n) is 6.26. The van der Waals surface area contributed by atoms with Crippen LogP contribution in [-0.2, 0) is 9.59 Å². The summed E-state index contributed by atoms with van der Waals surface area (Å²) in [6.45, 7) is 5.36. The van der Waals surface area contributed by atoms with Gasteiger partial charge in [0, 0.05) is 11.7 Å². The van der Waals surface area contributed by atoms with Crippen LogP contribution in [0, 0.1) is 0 Å². The van der Waals surface area contributed by atoms with Gasteiger partial charge < -0.3 is 10.0 Å². The number of hydrogen-bond acceptors (Lipinski definition) is 3. The Labute approximate surface area is 113 Å². The summed E-state index contributed by atoms with van der Waals surface area (Å²) in [6, 6.07) is 8.61. The number of benzene rings is 1. The number of carbonyl (C=O) groups excluding carboxylic acids is 1. The second-order valence-electron chi connectivity index (χ2n) is 4.63. The maximum absolute atomic E-state index is 12.2. The van der Waals surface area contributed by atoms with Crippen LogP contribution in [0.2, 0.25) is 0 Å². The molecule has 0 heterocycles. The molecule has 0 aliphatic carbocycles. The molecule has 0 aliphatic rings. The van der Waals surface area contributed by atoms with E-state index in [2.05, 4.69) is 5.32 Å². The molecule has 0 saturated carbocycles. The third-order valence-electron chi connectivity index (χ3n) is 2.75. The fraction of sp³-hybridized carbons (Fsp3) is 0.429. The van der Waals surface area contributed by atoms with Crippen molar-refractivity contribution in [2.45, 2.75) is 32.9 Å². The largest absolute Gasteiger partial charge is 0.480 e. The number of amides is 1. The van der Waals surface area contributed by atoms with Crippen LogP contribution in [0.15, 0.2) is 30.3 Å². The minimum Gasteiger partial charge on any atom is -0.480 e. The molecule has 0 unspecified atom stereocenters. The standard InChI is InChI=1S/C14H20N2O3/c1-10(2)16(12-7-5-4-6-8-12)13(17)9-15-11(3)14(18)19/h4-8,10-11,15H,9H2,1-3H3,(H,18,19)/t11-/m0/s1. The van der Waals surface area contributed by atoms with E-state index < -0.39 is 12.0 Å². The molecule has 104 valence electrons. The fourth-order valence-electron chi connectivity index (χ4n) is 1.73. The van der Waals surface area contributed by atoms with Crippen LogP contribution < -0.4 is 10.2 Å². The number of nitrogens with zero attached hydrogens (tertiary/aromatic N) is 1. The molecule has 0 spiro atoms. The molecule has 1 rings (SSSR count). The summed E-state index contributed by atoms with van der Waals surface area (Å²) in [5.41, 5.74) is 0.812. The third-order valence-corrected chi connectivity index (χ3v) is 2.75. The summed E-state index contributed by atoms with van der Waals surface area (Å²) >= 11 is 0. The van der Waals surface area contributed by atoms with Gasteiger partial charge in [0.05, 0.1) is 6.54 Å². The zero-order valence-corrected chi connectivity index (χ0v) is 11.5. The number of carbonyl (C=O) groups is 2. The van der Waals surface area contributed by atoms with Crippen molar-refractivity contribution in [3.05, 3.63) is 30.3 Å². The average molecular weight is 264 g/mol. The highest BCUT2D eigenvalue weighted by atomic mass is 16.4. The van der Waals surface area contributed by atoms with Crippen LogP contribution in [0.5, 0.6) is 0 Å². The molecule has 1 aromatic carbocycles. The summed E-state index contributed by atoms with van der Waals surface area (Å²) in [5.74, 6) is -1.11. The summed E-state index contributed by atoms with van der Waals surface area (Å²) in [7, 11) is 0. The van der Waals surface area contributed by atoms with Crippen LogP contribution in [0.3, 0.4) is 0 Å². The highest BCUT2D eigenvalue weighted by Crippen LogP contribution is 2.16. The van der Waals surface area contributed by atoms with Gasteiger partial charge in [0.15, 0.2) is 0 Å². The van der Waals surface area contributed by atoms with Crippen LogP contribution in [0.1, 0.15) is 20.8 Å². The Morgan fingerprint density at radius 2 is 1.79 bits per heavy atom. The van der Waals surface area contributed by atoms with Crippen molar-refractivity contribution in [1.82, 2.24) is 5.32 Å². The second-order valence-corrected chi connectivity index (χ2v) is 4.63. The molecular weight excluding hydrogens is 244 g/mol. The molecule has 0 bridgehead atoms. The molecular formula is C14H20N2O3. The molecule has 0 radical (unpaired) electrons. The van der Waals surface area contributed by atoms with E-state index >= 15 is 0 Å². The van der Waals surface area contributed by atoms with Crippen molar-refractivity contribution in [2.75, 3.05) is 11.4 Å². The molecule has 0 aromatic heterocycles. The number of aliphatic carboxylic acids is 1. The summed E-state index contributed by atoms with van der Waals surface area (Å²) in [6.07, 6.45) is 0. The Bertz CT molecular complexity index is 432. The first-order chi connectivity index (χ1) is 8.93. The Morgan fingerprint density at radius 1 is 1.21 bits per heavy atom. The SMILES string of the molecule is CC(C)N(C(=O)CN[C@@H](C)C(=O)O)c1ccccc1. The van der Waals surface area contributed by atoms with Gasteiger partial charge in [-0.1, -0.05) is 18.2 Å². The highest BCUT2D eigenvalue weighted by molar-refractivity contribution is 5.95. The number of rotatable bonds is 6. The van der Waals surface area contributed by atoms with Gasteiger partial charge in [-0.15, -0.1) is 0 Å². The van der Waals surface area contributed by atoms with E-state index in [-0.39, 0.29) is 18.5 Å². The first-order valence-corrected chi connectivity index (χ1v) is 6.26. The van der Waals surface area contributed by atoms with Gasteiger partial charge in [-0.25, -0.2) is 0 Å². The summed E-state index contributed by atoms with van der Waals surface area (Å²) < 4.78 is 0. The maximum Gasteiger partial charge on any atom is 0.320 e. The van der Waals surface area contributed by atoms with Gasteiger partial charge in [-0.2, -0.15) is 0 Å². The predicted octanol–water partition coefficient (Wildman–Crippen LogP) is 1.49. The van der Waals surface area contributed by atoms with E-state index in [1.165, 1.54) is 6.92 Å². The van der Waals surface area contributed by atoms with Crippen molar-refractivity contribution in [1.29, 1.82) is 0 Å². The molecule has 2 N–H and O–H groups in total. The van der Waals surface area contributed by atoms with Gasteiger partial charge in [-0.3, -0.25) is 14.9 Å². The van der Waals surface area contributed by atoms with E-state index in [9.17, 15) is 9.59 Å². The molecule has 1 atom stereocenters. The van der Waals surface area contributed by atoms with Crippen LogP contribution >= 0.6 is 0 Å². The lowest BCUT2D eigenvalue weighted by atomic mass is 10.2. The molecule has 19 heavy (non-hydrogen) atoms. The fourth-order valence-corrected chi connectivity index (χ4v) is 1.73. The van der Waals surface area contributed by atoms with Crippen LogP contribution in [0.25, 0.3) is 0 Å². The molecule has 5 heteroatoms. The monoisotopic (exact) mass is 264 g/mol. The highest BCUT2D eigenvalue weighted by Gasteiger charge is 2.20. The zero-order valence-electron chi connectivity index (χ0n) is 11.5. The predicted molar refractivity (Wildman–Crippen MR) is 74.2 cm³/mol. The number of anilines is 1. The van der Waals surface area contributed by atoms with Crippen molar-refractivity contribution in [3.63, 3.8) is 0 Å². The molecule has 0 fully saturated rings. The number of nitrogens with one attached hydrogen (secondary N) is 1. The minimum absolute atomic E-state index is 0.000537. The molecule has 1 amide bonds. The Hall–Kier alpha value is -1.88. The first kappa shape index (κ1) is 15.2. The van der Waals surface area contributed by atoms with Crippen LogP contribution in [-0.4, -0.2) is 35.6 Å². The van der Waals surface area contributed by atoms with Crippen molar-refractivity contribution < 1.29 is 14.7 Å². The van der Waals surface area contributed by atoms with Gasteiger partial charge in [-0.05, 0) is 32.9 Å². The number of carboxylic acids is 1. The third kappa shape index (κ3) is 4.37. The zero-order chi connectivity index (χ0) is 14.4. The topological polar surface area (TPSA) is 69.6 Å². The lowest BCUT2D eigenvalue weighted by Crippen LogP contribution is -2.46. The molecule has 1 aromatic rings. The lowest BCUT2D eigenvalue weighted by Gasteiger charge is -2.27. The smallest absolute Gasteiger partial charge is 0.320 e. The quantitative estimate of drug-likeness (QED) is 0.816. The minimum atomic E-state index is -0.969. The van der Waals surface area contributed by atoms with Crippen molar-refractivity contribution in [3.8, 4) is 0 Å². The molecule has 0 saturated heterocycles. The van der Waals surface area contributed by atoms with Gasteiger partial charge in [0.1, 0.15) is 6.04 Å². The van der Waals surface area contributed by atoms with Gasteiger partial charge in [0.2, 0.25) is 5.91 Å². The lowest BCUT2D eigenvalue weighted by molar-refractivity contribution is -0.139. The molecule has 0 aliphatic heterocycles. The number of hydrogen-bond donors (Lipinski definition) is 2. The van der Waals surface area contributed by atoms with E-state index in [1.54, 1.807) is 4.90 Å². The van der Waals surface area contributed by atoms with Gasteiger partial charge in [0.25, 0.3) is 0 Å². The summed E-state index contributed by atoms with van der Waals surface area (Å²) in [5, 5.41) is 11.5. The van der Waals surface area contributed by atoms with Gasteiger partial charge >= 0.3 is 5.97 Å². The van der Waals surface area contributed by atoms with E-state index in [0.29, 0.717) is 0 Å². The maximum atomic E-state index is 12.2. The van der Waals surface area contributed by atoms with Crippen LogP contribution in [0.4, 0.5) is 5.69 Å². The van der Waals surface area contributed by atoms with Crippen molar-refractivity contribution in [2.24, 2.45) is 0 Å². The summed E-state index contributed by atoms with van der Waals surface area (Å²) in [4.78, 5) is 24.5. The van der Waals surface area contributed by atoms with E-state index in [0.717, 1.165) is 5.69 Å².